The molecule has 0 aromatic heterocycles. The first-order valence-electron chi connectivity index (χ1n) is 1.65. The van der Waals surface area contributed by atoms with E-state index < -0.39 is 20.4 Å². The van der Waals surface area contributed by atoms with Crippen LogP contribution < -0.4 is 5.73 Å². The van der Waals surface area contributed by atoms with Gasteiger partial charge in [0, 0.05) is 11.2 Å². The van der Waals surface area contributed by atoms with Gasteiger partial charge in [0.15, 0.2) is 8.77 Å². The predicted molar refractivity (Wildman–Crippen MR) is 32.2 cm³/mol. The molecule has 8 heavy (non-hydrogen) atoms. The van der Waals surface area contributed by atoms with E-state index in [1.165, 1.54) is 0 Å². The standard InChI is InChI=1S/C2H5NO3S2/c3-2(4)1-8(5,6)7/h1H2,(H2,3,4)(H,5,6,7). The number of hydrogen-bond donors (Lipinski definition) is 2. The van der Waals surface area contributed by atoms with Crippen LogP contribution in [-0.4, -0.2) is 20.4 Å². The first-order valence-corrected chi connectivity index (χ1v) is 4.26. The van der Waals surface area contributed by atoms with E-state index in [9.17, 15) is 9.00 Å². The zero-order valence-corrected chi connectivity index (χ0v) is 5.50. The van der Waals surface area contributed by atoms with Gasteiger partial charge in [-0.1, -0.05) is 0 Å². The number of amides is 1. The van der Waals surface area contributed by atoms with Crippen molar-refractivity contribution in [1.82, 2.24) is 0 Å². The molecule has 0 spiro atoms. The molecule has 0 aromatic rings. The summed E-state index contributed by atoms with van der Waals surface area (Å²) >= 11 is 3.94. The smallest absolute Gasteiger partial charge is 0.232 e. The summed E-state index contributed by atoms with van der Waals surface area (Å²) in [5.74, 6) is -1.49. The maximum Gasteiger partial charge on any atom is 0.232 e. The Morgan fingerprint density at radius 2 is 2.25 bits per heavy atom. The SMILES string of the molecule is NC(=O)CS(=O)(O)=S. The van der Waals surface area contributed by atoms with E-state index in [2.05, 4.69) is 16.9 Å². The van der Waals surface area contributed by atoms with Crippen LogP contribution in [0.1, 0.15) is 0 Å². The molecule has 0 rings (SSSR count). The number of hydrogen-bond acceptors (Lipinski definition) is 3. The maximum absolute atomic E-state index is 10.1. The Kier molecular flexibility index (Phi) is 2.32. The molecule has 48 valence electrons. The van der Waals surface area contributed by atoms with Crippen LogP contribution >= 0.6 is 0 Å². The molecule has 1 amide bonds. The van der Waals surface area contributed by atoms with Crippen LogP contribution in [0.15, 0.2) is 0 Å². The van der Waals surface area contributed by atoms with Gasteiger partial charge in [0.2, 0.25) is 5.91 Å². The average Bonchev–Trinajstić information content (AvgIpc) is 1.21. The number of carbonyl (C=O) groups excluding carboxylic acids is 1. The molecule has 6 heteroatoms. The second-order valence-electron chi connectivity index (χ2n) is 1.19. The second kappa shape index (κ2) is 2.38. The van der Waals surface area contributed by atoms with Crippen molar-refractivity contribution >= 4 is 25.9 Å². The Morgan fingerprint density at radius 1 is 1.88 bits per heavy atom. The molecular weight excluding hydrogens is 150 g/mol. The fraction of sp³-hybridized carbons (Fsp3) is 0.500. The van der Waals surface area contributed by atoms with E-state index in [1.54, 1.807) is 0 Å². The highest BCUT2D eigenvalue weighted by atomic mass is 32.8. The Hall–Kier alpha value is -0.200. The predicted octanol–water partition coefficient (Wildman–Crippen LogP) is -1.31. The largest absolute Gasteiger partial charge is 0.369 e. The molecule has 0 aromatic carbocycles. The van der Waals surface area contributed by atoms with Crippen molar-refractivity contribution < 1.29 is 13.6 Å². The number of nitrogens with two attached hydrogens (primary N) is 1. The van der Waals surface area contributed by atoms with Crippen molar-refractivity contribution in [2.45, 2.75) is 0 Å². The molecule has 0 aliphatic heterocycles. The van der Waals surface area contributed by atoms with Crippen molar-refractivity contribution in [3.8, 4) is 0 Å². The summed E-state index contributed by atoms with van der Waals surface area (Å²) in [6.45, 7) is 0. The molecule has 4 nitrogen and oxygen atoms in total. The Balaban J connectivity index is 3.95. The molecule has 0 saturated heterocycles. The van der Waals surface area contributed by atoms with Crippen LogP contribution in [-0.2, 0) is 24.8 Å². The van der Waals surface area contributed by atoms with Crippen LogP contribution in [0, 0.1) is 0 Å². The van der Waals surface area contributed by atoms with Crippen molar-refractivity contribution in [3.63, 3.8) is 0 Å². The van der Waals surface area contributed by atoms with Gasteiger partial charge in [0.1, 0.15) is 5.75 Å². The Morgan fingerprint density at radius 3 is 2.25 bits per heavy atom. The normalized spacial score (nSPS) is 17.1. The summed E-state index contributed by atoms with van der Waals surface area (Å²) in [4.78, 5) is 9.83. The van der Waals surface area contributed by atoms with E-state index in [4.69, 9.17) is 4.55 Å². The topological polar surface area (TPSA) is 80.4 Å². The molecular formula is C2H5NO3S2. The van der Waals surface area contributed by atoms with E-state index >= 15 is 0 Å². The maximum atomic E-state index is 10.1. The van der Waals surface area contributed by atoms with Gasteiger partial charge in [0.05, 0.1) is 0 Å². The minimum atomic E-state index is -3.36. The quantitative estimate of drug-likeness (QED) is 0.519. The fourth-order valence-corrected chi connectivity index (χ4v) is 0.888. The lowest BCUT2D eigenvalue weighted by molar-refractivity contribution is -0.115. The van der Waals surface area contributed by atoms with Gasteiger partial charge < -0.3 is 10.3 Å². The molecule has 0 bridgehead atoms. The third kappa shape index (κ3) is 5.80. The molecule has 1 atom stereocenters. The van der Waals surface area contributed by atoms with Gasteiger partial charge in [-0.3, -0.25) is 4.79 Å². The van der Waals surface area contributed by atoms with Crippen LogP contribution in [0.25, 0.3) is 0 Å². The summed E-state index contributed by atoms with van der Waals surface area (Å²) < 4.78 is 18.3. The summed E-state index contributed by atoms with van der Waals surface area (Å²) in [6, 6.07) is 0. The summed E-state index contributed by atoms with van der Waals surface area (Å²) in [5, 5.41) is 0. The first-order chi connectivity index (χ1) is 3.42. The Labute approximate surface area is 51.6 Å². The molecule has 1 unspecified atom stereocenters. The van der Waals surface area contributed by atoms with E-state index in [0.29, 0.717) is 0 Å². The van der Waals surface area contributed by atoms with Crippen molar-refractivity contribution in [3.05, 3.63) is 0 Å². The molecule has 0 fully saturated rings. The molecule has 0 saturated carbocycles. The molecule has 0 heterocycles. The van der Waals surface area contributed by atoms with E-state index in [0.717, 1.165) is 0 Å². The zero-order valence-electron chi connectivity index (χ0n) is 3.86. The van der Waals surface area contributed by atoms with Crippen molar-refractivity contribution in [2.24, 2.45) is 5.73 Å². The molecule has 0 radical (unpaired) electrons. The van der Waals surface area contributed by atoms with Gasteiger partial charge in [-0.25, -0.2) is 4.21 Å². The van der Waals surface area contributed by atoms with Crippen LogP contribution in [0.5, 0.6) is 0 Å². The van der Waals surface area contributed by atoms with Gasteiger partial charge in [-0.05, 0) is 0 Å². The van der Waals surface area contributed by atoms with Crippen molar-refractivity contribution in [1.29, 1.82) is 0 Å². The fourth-order valence-electron chi connectivity index (χ4n) is 0.180. The number of rotatable bonds is 2. The number of carbonyl (C=O) groups is 1. The van der Waals surface area contributed by atoms with Gasteiger partial charge in [-0.15, -0.1) is 0 Å². The molecule has 0 aliphatic rings. The summed E-state index contributed by atoms with van der Waals surface area (Å²) in [6.07, 6.45) is 0. The minimum absolute atomic E-state index is 0.637. The van der Waals surface area contributed by atoms with Gasteiger partial charge in [0.25, 0.3) is 0 Å². The molecule has 3 N–H and O–H groups in total. The zero-order chi connectivity index (χ0) is 6.78. The highest BCUT2D eigenvalue weighted by molar-refractivity contribution is 8.30. The van der Waals surface area contributed by atoms with Gasteiger partial charge in [-0.2, -0.15) is 0 Å². The van der Waals surface area contributed by atoms with Crippen LogP contribution in [0.2, 0.25) is 0 Å². The highest BCUT2D eigenvalue weighted by Gasteiger charge is 2.03. The Bertz CT molecular complexity index is 181. The monoisotopic (exact) mass is 155 g/mol. The summed E-state index contributed by atoms with van der Waals surface area (Å²) in [7, 11) is -3.36. The second-order valence-corrected chi connectivity index (χ2v) is 4.21. The van der Waals surface area contributed by atoms with E-state index in [-0.39, 0.29) is 0 Å². The third-order valence-electron chi connectivity index (χ3n) is 0.325. The van der Waals surface area contributed by atoms with Crippen LogP contribution in [0.3, 0.4) is 0 Å². The third-order valence-corrected chi connectivity index (χ3v) is 1.33. The van der Waals surface area contributed by atoms with Crippen molar-refractivity contribution in [2.75, 3.05) is 5.75 Å². The lowest BCUT2D eigenvalue weighted by atomic mass is 10.8. The lowest BCUT2D eigenvalue weighted by Crippen LogP contribution is -2.21. The lowest BCUT2D eigenvalue weighted by Gasteiger charge is -1.90. The average molecular weight is 155 g/mol. The molecule has 0 aliphatic carbocycles. The van der Waals surface area contributed by atoms with E-state index in [1.807, 2.05) is 0 Å². The highest BCUT2D eigenvalue weighted by Crippen LogP contribution is 1.78. The number of primary amides is 1. The summed E-state index contributed by atoms with van der Waals surface area (Å²) in [5.41, 5.74) is 4.53. The minimum Gasteiger partial charge on any atom is -0.369 e. The van der Waals surface area contributed by atoms with Gasteiger partial charge >= 0.3 is 0 Å². The first kappa shape index (κ1) is 7.80. The van der Waals surface area contributed by atoms with Crippen LogP contribution in [0.4, 0.5) is 0 Å².